The first-order valence-corrected chi connectivity index (χ1v) is 10.1. The normalized spacial score (nSPS) is 12.1. The number of rotatable bonds is 7. The minimum absolute atomic E-state index is 0.349. The lowest BCUT2D eigenvalue weighted by Crippen LogP contribution is -2.42. The number of aromatic nitrogens is 2. The molecule has 0 spiro atoms. The van der Waals surface area contributed by atoms with E-state index in [1.54, 1.807) is 39.8 Å². The number of amides is 1. The first-order chi connectivity index (χ1) is 14.0. The molecule has 8 nitrogen and oxygen atoms in total. The summed E-state index contributed by atoms with van der Waals surface area (Å²) < 4.78 is 15.7. The second-order valence-electron chi connectivity index (χ2n) is 7.51. The second kappa shape index (κ2) is 9.80. The zero-order valence-corrected chi connectivity index (χ0v) is 19.0. The zero-order valence-electron chi connectivity index (χ0n) is 18.2. The van der Waals surface area contributed by atoms with Gasteiger partial charge in [-0.25, -0.2) is 4.79 Å². The topological polar surface area (TPSA) is 99.6 Å². The molecule has 2 aromatic rings. The smallest absolute Gasteiger partial charge is 0.328 e. The molecular weight excluding hydrogens is 406 g/mol. The molecule has 1 atom stereocenters. The molecule has 162 valence electrons. The van der Waals surface area contributed by atoms with Crippen LogP contribution in [-0.4, -0.2) is 47.7 Å². The van der Waals surface area contributed by atoms with Gasteiger partial charge in [0.1, 0.15) is 11.6 Å². The Bertz CT molecular complexity index is 905. The van der Waals surface area contributed by atoms with Crippen molar-refractivity contribution < 1.29 is 23.8 Å². The van der Waals surface area contributed by atoms with Crippen molar-refractivity contribution in [1.82, 2.24) is 15.3 Å². The Balaban J connectivity index is 2.28. The fourth-order valence-electron chi connectivity index (χ4n) is 2.47. The van der Waals surface area contributed by atoms with Crippen molar-refractivity contribution in [2.24, 2.45) is 0 Å². The molecule has 9 heteroatoms. The maximum absolute atomic E-state index is 13.0. The van der Waals surface area contributed by atoms with Crippen LogP contribution in [0.15, 0.2) is 34.3 Å². The number of methoxy groups -OCH3 is 2. The molecule has 2 rings (SSSR count). The van der Waals surface area contributed by atoms with E-state index in [1.165, 1.54) is 26.0 Å². The Kier molecular flexibility index (Phi) is 7.66. The van der Waals surface area contributed by atoms with Gasteiger partial charge in [-0.3, -0.25) is 4.79 Å². The fraction of sp³-hybridized carbons (Fsp3) is 0.429. The third kappa shape index (κ3) is 6.35. The molecule has 0 fully saturated rings. The minimum Gasteiger partial charge on any atom is -0.481 e. The molecule has 1 unspecified atom stereocenters. The van der Waals surface area contributed by atoms with Crippen LogP contribution in [-0.2, 0) is 9.53 Å². The monoisotopic (exact) mass is 433 g/mol. The lowest BCUT2D eigenvalue weighted by molar-refractivity contribution is -0.156. The van der Waals surface area contributed by atoms with E-state index >= 15 is 0 Å². The maximum Gasteiger partial charge on any atom is 0.328 e. The van der Waals surface area contributed by atoms with E-state index in [9.17, 15) is 9.59 Å². The molecular formula is C21H27N3O5S. The quantitative estimate of drug-likeness (QED) is 0.524. The van der Waals surface area contributed by atoms with Crippen LogP contribution in [0.4, 0.5) is 0 Å². The third-order valence-electron chi connectivity index (χ3n) is 3.85. The van der Waals surface area contributed by atoms with Gasteiger partial charge in [0, 0.05) is 4.90 Å². The predicted molar refractivity (Wildman–Crippen MR) is 113 cm³/mol. The molecule has 0 aliphatic rings. The van der Waals surface area contributed by atoms with E-state index in [4.69, 9.17) is 14.2 Å². The molecule has 0 bridgehead atoms. The van der Waals surface area contributed by atoms with Gasteiger partial charge in [-0.2, -0.15) is 9.97 Å². The van der Waals surface area contributed by atoms with Gasteiger partial charge in [0.15, 0.2) is 5.16 Å². The van der Waals surface area contributed by atoms with E-state index in [2.05, 4.69) is 15.3 Å². The van der Waals surface area contributed by atoms with Crippen molar-refractivity contribution in [3.05, 3.63) is 35.4 Å². The van der Waals surface area contributed by atoms with Crippen LogP contribution in [0.5, 0.6) is 11.8 Å². The summed E-state index contributed by atoms with van der Waals surface area (Å²) in [5.74, 6) is -0.188. The standard InChI is InChI=1S/C21H27N3O5S/c1-12-9-8-10-14(30-20-23-15(27-6)11-16(24-20)28-7)17(12)18(25)22-13(2)19(26)29-21(3,4)5/h8-11,13H,1-7H3,(H,22,25). The second-order valence-corrected chi connectivity index (χ2v) is 8.52. The van der Waals surface area contributed by atoms with Crippen LogP contribution < -0.4 is 14.8 Å². The number of hydrogen-bond donors (Lipinski definition) is 1. The van der Waals surface area contributed by atoms with Crippen LogP contribution in [0, 0.1) is 6.92 Å². The van der Waals surface area contributed by atoms with Gasteiger partial charge < -0.3 is 19.5 Å². The third-order valence-corrected chi connectivity index (χ3v) is 4.77. The summed E-state index contributed by atoms with van der Waals surface area (Å²) in [6, 6.07) is 6.21. The van der Waals surface area contributed by atoms with Gasteiger partial charge in [0.25, 0.3) is 5.91 Å². The Morgan fingerprint density at radius 3 is 2.23 bits per heavy atom. The highest BCUT2D eigenvalue weighted by atomic mass is 32.2. The van der Waals surface area contributed by atoms with E-state index in [0.717, 1.165) is 5.56 Å². The summed E-state index contributed by atoms with van der Waals surface area (Å²) in [5, 5.41) is 3.08. The zero-order chi connectivity index (χ0) is 22.5. The number of carbonyl (C=O) groups is 2. The molecule has 1 N–H and O–H groups in total. The summed E-state index contributed by atoms with van der Waals surface area (Å²) in [6.45, 7) is 8.74. The minimum atomic E-state index is -0.803. The Labute approximate surface area is 180 Å². The number of nitrogens with one attached hydrogen (secondary N) is 1. The summed E-state index contributed by atoms with van der Waals surface area (Å²) in [6.07, 6.45) is 0. The Hall–Kier alpha value is -2.81. The van der Waals surface area contributed by atoms with Crippen molar-refractivity contribution in [1.29, 1.82) is 0 Å². The molecule has 0 saturated heterocycles. The number of esters is 1. The highest BCUT2D eigenvalue weighted by molar-refractivity contribution is 7.99. The van der Waals surface area contributed by atoms with E-state index in [-0.39, 0.29) is 5.91 Å². The van der Waals surface area contributed by atoms with Gasteiger partial charge in [0.05, 0.1) is 25.8 Å². The Morgan fingerprint density at radius 2 is 1.70 bits per heavy atom. The van der Waals surface area contributed by atoms with Gasteiger partial charge in [0.2, 0.25) is 11.8 Å². The number of nitrogens with zero attached hydrogens (tertiary/aromatic N) is 2. The molecule has 1 heterocycles. The molecule has 0 radical (unpaired) electrons. The van der Waals surface area contributed by atoms with Crippen molar-refractivity contribution in [2.45, 2.75) is 56.3 Å². The predicted octanol–water partition coefficient (Wildman–Crippen LogP) is 3.41. The first kappa shape index (κ1) is 23.5. The fourth-order valence-corrected chi connectivity index (χ4v) is 3.44. The average Bonchev–Trinajstić information content (AvgIpc) is 2.66. The van der Waals surface area contributed by atoms with Gasteiger partial charge in [-0.1, -0.05) is 12.1 Å². The lowest BCUT2D eigenvalue weighted by Gasteiger charge is -2.23. The molecule has 0 saturated carbocycles. The average molecular weight is 434 g/mol. The largest absolute Gasteiger partial charge is 0.481 e. The summed E-state index contributed by atoms with van der Waals surface area (Å²) in [5.41, 5.74) is 0.551. The summed E-state index contributed by atoms with van der Waals surface area (Å²) >= 11 is 1.20. The number of hydrogen-bond acceptors (Lipinski definition) is 8. The van der Waals surface area contributed by atoms with E-state index in [1.807, 2.05) is 19.1 Å². The van der Waals surface area contributed by atoms with Crippen LogP contribution in [0.3, 0.4) is 0 Å². The van der Waals surface area contributed by atoms with Crippen LogP contribution >= 0.6 is 11.8 Å². The summed E-state index contributed by atoms with van der Waals surface area (Å²) in [4.78, 5) is 34.5. The maximum atomic E-state index is 13.0. The van der Waals surface area contributed by atoms with E-state index in [0.29, 0.717) is 27.4 Å². The van der Waals surface area contributed by atoms with Crippen molar-refractivity contribution in [3.8, 4) is 11.8 Å². The van der Waals surface area contributed by atoms with Crippen molar-refractivity contribution in [3.63, 3.8) is 0 Å². The SMILES string of the molecule is COc1cc(OC)nc(Sc2cccc(C)c2C(=O)NC(C)C(=O)OC(C)(C)C)n1. The molecule has 30 heavy (non-hydrogen) atoms. The van der Waals surface area contributed by atoms with Crippen LogP contribution in [0.1, 0.15) is 43.6 Å². The van der Waals surface area contributed by atoms with Crippen molar-refractivity contribution >= 4 is 23.6 Å². The van der Waals surface area contributed by atoms with Crippen molar-refractivity contribution in [2.75, 3.05) is 14.2 Å². The number of benzene rings is 1. The van der Waals surface area contributed by atoms with Gasteiger partial charge >= 0.3 is 5.97 Å². The molecule has 0 aliphatic carbocycles. The van der Waals surface area contributed by atoms with Gasteiger partial charge in [-0.05, 0) is 58.0 Å². The molecule has 1 aromatic heterocycles. The van der Waals surface area contributed by atoms with E-state index < -0.39 is 17.6 Å². The Morgan fingerprint density at radius 1 is 1.10 bits per heavy atom. The first-order valence-electron chi connectivity index (χ1n) is 9.32. The lowest BCUT2D eigenvalue weighted by atomic mass is 10.1. The molecule has 1 amide bonds. The van der Waals surface area contributed by atoms with Crippen LogP contribution in [0.25, 0.3) is 0 Å². The highest BCUT2D eigenvalue weighted by Gasteiger charge is 2.25. The number of ether oxygens (including phenoxy) is 3. The number of aryl methyl sites for hydroxylation is 1. The number of carbonyl (C=O) groups excluding carboxylic acids is 2. The summed E-state index contributed by atoms with van der Waals surface area (Å²) in [7, 11) is 3.00. The highest BCUT2D eigenvalue weighted by Crippen LogP contribution is 2.32. The van der Waals surface area contributed by atoms with Crippen LogP contribution in [0.2, 0.25) is 0 Å². The van der Waals surface area contributed by atoms with Gasteiger partial charge in [-0.15, -0.1) is 0 Å². The molecule has 0 aliphatic heterocycles. The molecule has 1 aromatic carbocycles.